The van der Waals surface area contributed by atoms with Gasteiger partial charge in [-0.1, -0.05) is 23.7 Å². The van der Waals surface area contributed by atoms with Crippen LogP contribution in [-0.2, 0) is 16.0 Å². The molecule has 9 heteroatoms. The van der Waals surface area contributed by atoms with Crippen molar-refractivity contribution >= 4 is 29.2 Å². The molecule has 0 radical (unpaired) electrons. The zero-order valence-electron chi connectivity index (χ0n) is 14.4. The number of rotatable bonds is 8. The fourth-order valence-electron chi connectivity index (χ4n) is 2.23. The molecule has 0 saturated heterocycles. The van der Waals surface area contributed by atoms with Crippen molar-refractivity contribution in [3.05, 3.63) is 68.7 Å². The van der Waals surface area contributed by atoms with Crippen LogP contribution in [0.25, 0.3) is 0 Å². The van der Waals surface area contributed by atoms with Crippen LogP contribution in [0, 0.1) is 10.1 Å². The van der Waals surface area contributed by atoms with E-state index in [9.17, 15) is 19.7 Å². The first-order valence-corrected chi connectivity index (χ1v) is 8.29. The minimum Gasteiger partial charge on any atom is -0.497 e. The molecule has 0 heterocycles. The van der Waals surface area contributed by atoms with Gasteiger partial charge in [-0.3, -0.25) is 14.9 Å². The van der Waals surface area contributed by atoms with Gasteiger partial charge in [0, 0.05) is 17.6 Å². The summed E-state index contributed by atoms with van der Waals surface area (Å²) < 4.78 is 9.90. The van der Waals surface area contributed by atoms with Crippen molar-refractivity contribution in [3.8, 4) is 5.75 Å². The number of nitro benzene ring substituents is 1. The van der Waals surface area contributed by atoms with E-state index in [-0.39, 0.29) is 10.6 Å². The zero-order chi connectivity index (χ0) is 19.8. The molecule has 8 nitrogen and oxygen atoms in total. The van der Waals surface area contributed by atoms with Gasteiger partial charge in [-0.05, 0) is 36.2 Å². The maximum atomic E-state index is 12.0. The zero-order valence-corrected chi connectivity index (χ0v) is 15.2. The quantitative estimate of drug-likeness (QED) is 0.420. The fourth-order valence-corrected chi connectivity index (χ4v) is 2.40. The summed E-state index contributed by atoms with van der Waals surface area (Å²) in [5.74, 6) is -0.763. The second-order valence-corrected chi connectivity index (χ2v) is 5.88. The smallest absolute Gasteiger partial charge is 0.345 e. The van der Waals surface area contributed by atoms with Crippen molar-refractivity contribution in [2.24, 2.45) is 0 Å². The highest BCUT2D eigenvalue weighted by Gasteiger charge is 2.22. The molecule has 0 atom stereocenters. The van der Waals surface area contributed by atoms with Crippen LogP contribution < -0.4 is 10.1 Å². The molecule has 1 N–H and O–H groups in total. The molecule has 0 saturated carbocycles. The summed E-state index contributed by atoms with van der Waals surface area (Å²) in [5.41, 5.74) is 0.255. The van der Waals surface area contributed by atoms with Crippen LogP contribution in [0.3, 0.4) is 0 Å². The van der Waals surface area contributed by atoms with E-state index in [4.69, 9.17) is 21.1 Å². The lowest BCUT2D eigenvalue weighted by molar-refractivity contribution is -0.385. The lowest BCUT2D eigenvalue weighted by atomic mass is 10.1. The van der Waals surface area contributed by atoms with E-state index >= 15 is 0 Å². The average Bonchev–Trinajstić information content (AvgIpc) is 2.66. The van der Waals surface area contributed by atoms with Crippen LogP contribution in [0.2, 0.25) is 5.02 Å². The van der Waals surface area contributed by atoms with E-state index in [1.54, 1.807) is 7.11 Å². The fraction of sp³-hybridized carbons (Fsp3) is 0.222. The van der Waals surface area contributed by atoms with E-state index in [0.29, 0.717) is 13.0 Å². The summed E-state index contributed by atoms with van der Waals surface area (Å²) in [6, 6.07) is 10.9. The number of nitrogens with zero attached hydrogens (tertiary/aromatic N) is 1. The summed E-state index contributed by atoms with van der Waals surface area (Å²) in [5, 5.41) is 13.7. The monoisotopic (exact) mass is 392 g/mol. The van der Waals surface area contributed by atoms with Gasteiger partial charge in [-0.15, -0.1) is 0 Å². The minimum atomic E-state index is -0.991. The summed E-state index contributed by atoms with van der Waals surface area (Å²) >= 11 is 5.76. The minimum absolute atomic E-state index is 0.150. The third-order valence-electron chi connectivity index (χ3n) is 3.60. The maximum Gasteiger partial charge on any atom is 0.345 e. The summed E-state index contributed by atoms with van der Waals surface area (Å²) in [4.78, 5) is 34.0. The van der Waals surface area contributed by atoms with E-state index in [1.165, 1.54) is 6.07 Å². The van der Waals surface area contributed by atoms with Gasteiger partial charge < -0.3 is 14.8 Å². The molecule has 2 rings (SSSR count). The lowest BCUT2D eigenvalue weighted by Crippen LogP contribution is -2.30. The normalized spacial score (nSPS) is 10.1. The highest BCUT2D eigenvalue weighted by Crippen LogP contribution is 2.23. The Labute approximate surface area is 160 Å². The Kier molecular flexibility index (Phi) is 7.13. The highest BCUT2D eigenvalue weighted by atomic mass is 35.5. The number of hydrogen-bond donors (Lipinski definition) is 1. The average molecular weight is 393 g/mol. The molecule has 0 bridgehead atoms. The number of halogens is 1. The first-order valence-electron chi connectivity index (χ1n) is 7.91. The molecule has 1 amide bonds. The summed E-state index contributed by atoms with van der Waals surface area (Å²) in [7, 11) is 1.58. The first kappa shape index (κ1) is 20.2. The van der Waals surface area contributed by atoms with Crippen LogP contribution in [0.4, 0.5) is 5.69 Å². The molecule has 2 aromatic rings. The Morgan fingerprint density at radius 1 is 1.19 bits per heavy atom. The van der Waals surface area contributed by atoms with Gasteiger partial charge in [0.15, 0.2) is 6.61 Å². The van der Waals surface area contributed by atoms with Gasteiger partial charge in [-0.25, -0.2) is 4.79 Å². The van der Waals surface area contributed by atoms with Crippen LogP contribution in [-0.4, -0.2) is 37.1 Å². The van der Waals surface area contributed by atoms with Crippen LogP contribution >= 0.6 is 11.6 Å². The van der Waals surface area contributed by atoms with Crippen molar-refractivity contribution in [3.63, 3.8) is 0 Å². The number of ether oxygens (including phenoxy) is 2. The molecule has 0 aliphatic rings. The van der Waals surface area contributed by atoms with E-state index in [0.717, 1.165) is 23.4 Å². The number of hydrogen-bond acceptors (Lipinski definition) is 6. The van der Waals surface area contributed by atoms with E-state index < -0.39 is 29.1 Å². The largest absolute Gasteiger partial charge is 0.497 e. The number of carbonyl (C=O) groups excluding carboxylic acids is 2. The second kappa shape index (κ2) is 9.54. The SMILES string of the molecule is COc1ccc(CCNC(=O)COC(=O)c2cc(Cl)ccc2[N+](=O)[O-])cc1. The number of amides is 1. The van der Waals surface area contributed by atoms with Gasteiger partial charge in [0.05, 0.1) is 12.0 Å². The molecule has 0 aliphatic heterocycles. The molecular formula is C18H17ClN2O6. The van der Waals surface area contributed by atoms with Gasteiger partial charge in [0.25, 0.3) is 11.6 Å². The Morgan fingerprint density at radius 2 is 1.89 bits per heavy atom. The van der Waals surface area contributed by atoms with Crippen molar-refractivity contribution in [2.45, 2.75) is 6.42 Å². The topological polar surface area (TPSA) is 108 Å². The molecule has 0 aromatic heterocycles. The predicted molar refractivity (Wildman–Crippen MR) is 98.1 cm³/mol. The van der Waals surface area contributed by atoms with Crippen molar-refractivity contribution in [1.82, 2.24) is 5.32 Å². The van der Waals surface area contributed by atoms with Crippen LogP contribution in [0.15, 0.2) is 42.5 Å². The third kappa shape index (κ3) is 5.96. The standard InChI is InChI=1S/C18H17ClN2O6/c1-26-14-5-2-12(3-6-14)8-9-20-17(22)11-27-18(23)15-10-13(19)4-7-16(15)21(24)25/h2-7,10H,8-9,11H2,1H3,(H,20,22). The number of nitrogens with one attached hydrogen (secondary N) is 1. The number of benzene rings is 2. The molecule has 142 valence electrons. The van der Waals surface area contributed by atoms with Gasteiger partial charge in [0.2, 0.25) is 0 Å². The van der Waals surface area contributed by atoms with Crippen LogP contribution in [0.5, 0.6) is 5.75 Å². The van der Waals surface area contributed by atoms with E-state index in [2.05, 4.69) is 5.32 Å². The van der Waals surface area contributed by atoms with Gasteiger partial charge >= 0.3 is 5.97 Å². The maximum absolute atomic E-state index is 12.0. The Bertz CT molecular complexity index is 838. The van der Waals surface area contributed by atoms with Crippen LogP contribution in [0.1, 0.15) is 15.9 Å². The first-order chi connectivity index (χ1) is 12.9. The van der Waals surface area contributed by atoms with Crippen molar-refractivity contribution < 1.29 is 24.0 Å². The predicted octanol–water partition coefficient (Wildman–Crippen LogP) is 2.77. The summed E-state index contributed by atoms with van der Waals surface area (Å²) in [6.07, 6.45) is 0.587. The lowest BCUT2D eigenvalue weighted by Gasteiger charge is -2.08. The number of methoxy groups -OCH3 is 1. The summed E-state index contributed by atoms with van der Waals surface area (Å²) in [6.45, 7) is -0.203. The number of esters is 1. The molecule has 2 aromatic carbocycles. The van der Waals surface area contributed by atoms with Crippen molar-refractivity contribution in [2.75, 3.05) is 20.3 Å². The molecule has 27 heavy (non-hydrogen) atoms. The number of carbonyl (C=O) groups is 2. The van der Waals surface area contributed by atoms with E-state index in [1.807, 2.05) is 24.3 Å². The second-order valence-electron chi connectivity index (χ2n) is 5.44. The molecule has 0 unspecified atom stereocenters. The highest BCUT2D eigenvalue weighted by molar-refractivity contribution is 6.31. The molecule has 0 aliphatic carbocycles. The van der Waals surface area contributed by atoms with Crippen molar-refractivity contribution in [1.29, 1.82) is 0 Å². The molecular weight excluding hydrogens is 376 g/mol. The Hall–Kier alpha value is -3.13. The Balaban J connectivity index is 1.82. The third-order valence-corrected chi connectivity index (χ3v) is 3.84. The number of nitro groups is 1. The van der Waals surface area contributed by atoms with Gasteiger partial charge in [-0.2, -0.15) is 0 Å². The van der Waals surface area contributed by atoms with Gasteiger partial charge in [0.1, 0.15) is 11.3 Å². The molecule has 0 spiro atoms. The molecule has 0 fully saturated rings. The Morgan fingerprint density at radius 3 is 2.52 bits per heavy atom.